The average Bonchev–Trinajstić information content (AvgIpc) is 2.97. The number of amides is 3. The summed E-state index contributed by atoms with van der Waals surface area (Å²) in [5.41, 5.74) is 6.04. The number of nitrogens with one attached hydrogen (secondary N) is 1. The van der Waals surface area contributed by atoms with Crippen molar-refractivity contribution in [3.8, 4) is 0 Å². The molecule has 0 fully saturated rings. The van der Waals surface area contributed by atoms with Crippen molar-refractivity contribution in [2.75, 3.05) is 12.4 Å². The number of para-hydroxylation sites is 1. The van der Waals surface area contributed by atoms with Gasteiger partial charge in [0.2, 0.25) is 0 Å². The lowest BCUT2D eigenvalue weighted by molar-refractivity contribution is 0.0995. The third-order valence-electron chi connectivity index (χ3n) is 3.45. The zero-order chi connectivity index (χ0) is 17.1. The largest absolute Gasteiger partial charge is 0.459 e. The van der Waals surface area contributed by atoms with Gasteiger partial charge in [-0.1, -0.05) is 24.3 Å². The van der Waals surface area contributed by atoms with Crippen LogP contribution in [0.3, 0.4) is 0 Å². The van der Waals surface area contributed by atoms with Crippen molar-refractivity contribution in [3.05, 3.63) is 60.0 Å². The Bertz CT molecular complexity index is 870. The van der Waals surface area contributed by atoms with Gasteiger partial charge in [-0.2, -0.15) is 0 Å². The molecule has 0 aliphatic heterocycles. The van der Waals surface area contributed by atoms with Crippen molar-refractivity contribution < 1.29 is 14.0 Å². The zero-order valence-corrected chi connectivity index (χ0v) is 13.0. The summed E-state index contributed by atoms with van der Waals surface area (Å²) in [6, 6.07) is 13.8. The predicted molar refractivity (Wildman–Crippen MR) is 89.5 cm³/mol. The lowest BCUT2D eigenvalue weighted by atomic mass is 10.2. The Hall–Kier alpha value is -3.35. The first-order valence-electron chi connectivity index (χ1n) is 7.29. The van der Waals surface area contributed by atoms with Crippen LogP contribution < -0.4 is 11.1 Å². The molecular weight excluding hydrogens is 308 g/mol. The fourth-order valence-electron chi connectivity index (χ4n) is 2.27. The molecule has 0 spiro atoms. The number of pyridine rings is 1. The van der Waals surface area contributed by atoms with E-state index >= 15 is 0 Å². The second-order valence-corrected chi connectivity index (χ2v) is 5.31. The monoisotopic (exact) mass is 324 g/mol. The summed E-state index contributed by atoms with van der Waals surface area (Å²) in [4.78, 5) is 28.8. The van der Waals surface area contributed by atoms with Crippen molar-refractivity contribution >= 4 is 28.7 Å². The number of benzene rings is 1. The van der Waals surface area contributed by atoms with Crippen molar-refractivity contribution in [1.82, 2.24) is 9.88 Å². The van der Waals surface area contributed by atoms with E-state index in [0.29, 0.717) is 12.3 Å². The van der Waals surface area contributed by atoms with Crippen LogP contribution in [0, 0.1) is 0 Å². The minimum Gasteiger partial charge on any atom is -0.459 e. The van der Waals surface area contributed by atoms with Crippen molar-refractivity contribution in [2.45, 2.75) is 6.54 Å². The van der Waals surface area contributed by atoms with Gasteiger partial charge in [-0.15, -0.1) is 0 Å². The smallest absolute Gasteiger partial charge is 0.323 e. The number of rotatable bonds is 4. The molecule has 7 nitrogen and oxygen atoms in total. The molecule has 24 heavy (non-hydrogen) atoms. The molecule has 0 atom stereocenters. The van der Waals surface area contributed by atoms with Crippen LogP contribution in [0.5, 0.6) is 0 Å². The first-order chi connectivity index (χ1) is 11.5. The number of primary amides is 1. The summed E-state index contributed by atoms with van der Waals surface area (Å²) in [6.45, 7) is 0.302. The maximum Gasteiger partial charge on any atom is 0.323 e. The maximum atomic E-state index is 12.2. The number of hydrogen-bond donors (Lipinski definition) is 2. The fourth-order valence-corrected chi connectivity index (χ4v) is 2.27. The minimum absolute atomic E-state index is 0.0905. The average molecular weight is 324 g/mol. The van der Waals surface area contributed by atoms with Crippen LogP contribution in [-0.2, 0) is 6.54 Å². The number of aromatic nitrogens is 1. The molecule has 2 heterocycles. The third kappa shape index (κ3) is 3.35. The molecule has 7 heteroatoms. The molecule has 3 rings (SSSR count). The Kier molecular flexibility index (Phi) is 4.15. The molecule has 0 saturated carbocycles. The summed E-state index contributed by atoms with van der Waals surface area (Å²) in [5.74, 6) is 0.280. The lowest BCUT2D eigenvalue weighted by Crippen LogP contribution is -2.31. The highest BCUT2D eigenvalue weighted by Gasteiger charge is 2.13. The number of urea groups is 1. The Morgan fingerprint density at radius 3 is 2.75 bits per heavy atom. The molecule has 3 amide bonds. The van der Waals surface area contributed by atoms with E-state index in [9.17, 15) is 9.59 Å². The molecule has 122 valence electrons. The number of nitrogens with two attached hydrogens (primary N) is 1. The van der Waals surface area contributed by atoms with Crippen LogP contribution in [0.2, 0.25) is 0 Å². The Morgan fingerprint density at radius 1 is 1.21 bits per heavy atom. The van der Waals surface area contributed by atoms with Crippen LogP contribution in [0.15, 0.2) is 52.9 Å². The van der Waals surface area contributed by atoms with Crippen molar-refractivity contribution in [3.63, 3.8) is 0 Å². The number of nitrogens with zero attached hydrogens (tertiary/aromatic N) is 2. The summed E-state index contributed by atoms with van der Waals surface area (Å²) in [6.07, 6.45) is 0. The highest BCUT2D eigenvalue weighted by Crippen LogP contribution is 2.19. The fraction of sp³-hybridized carbons (Fsp3) is 0.118. The van der Waals surface area contributed by atoms with Gasteiger partial charge in [0, 0.05) is 12.4 Å². The second kappa shape index (κ2) is 6.41. The van der Waals surface area contributed by atoms with Gasteiger partial charge >= 0.3 is 6.03 Å². The normalized spacial score (nSPS) is 10.5. The molecule has 1 aromatic carbocycles. The van der Waals surface area contributed by atoms with Gasteiger partial charge in [0.05, 0.1) is 6.54 Å². The second-order valence-electron chi connectivity index (χ2n) is 5.31. The number of anilines is 1. The van der Waals surface area contributed by atoms with E-state index in [0.717, 1.165) is 11.0 Å². The number of carbonyl (C=O) groups is 2. The third-order valence-corrected chi connectivity index (χ3v) is 3.45. The van der Waals surface area contributed by atoms with Crippen molar-refractivity contribution in [1.29, 1.82) is 0 Å². The SMILES string of the molecule is CN(Cc1cc2ccccc2o1)C(=O)Nc1cccc(C(N)=O)n1. The first-order valence-corrected chi connectivity index (χ1v) is 7.29. The van der Waals surface area contributed by atoms with Gasteiger partial charge < -0.3 is 15.1 Å². The minimum atomic E-state index is -0.651. The zero-order valence-electron chi connectivity index (χ0n) is 13.0. The molecule has 0 radical (unpaired) electrons. The molecule has 0 aliphatic rings. The number of carbonyl (C=O) groups excluding carboxylic acids is 2. The summed E-state index contributed by atoms with van der Waals surface area (Å²) >= 11 is 0. The van der Waals surface area contributed by atoms with Crippen LogP contribution >= 0.6 is 0 Å². The maximum absolute atomic E-state index is 12.2. The van der Waals surface area contributed by atoms with Crippen LogP contribution in [0.1, 0.15) is 16.2 Å². The molecule has 0 bridgehead atoms. The van der Waals surface area contributed by atoms with E-state index in [1.807, 2.05) is 30.3 Å². The first kappa shape index (κ1) is 15.5. The molecule has 3 N–H and O–H groups in total. The lowest BCUT2D eigenvalue weighted by Gasteiger charge is -2.16. The molecule has 0 saturated heterocycles. The molecule has 0 unspecified atom stereocenters. The van der Waals surface area contributed by atoms with E-state index < -0.39 is 5.91 Å². The molecular formula is C17H16N4O3. The van der Waals surface area contributed by atoms with E-state index in [1.54, 1.807) is 19.2 Å². The number of furan rings is 1. The standard InChI is InChI=1S/C17H16N4O3/c1-21(10-12-9-11-5-2-3-7-14(11)24-12)17(23)20-15-8-4-6-13(19-15)16(18)22/h2-9H,10H2,1H3,(H2,18,22)(H,19,20,23). The van der Waals surface area contributed by atoms with Crippen LogP contribution in [0.4, 0.5) is 10.6 Å². The van der Waals surface area contributed by atoms with Gasteiger partial charge in [-0.25, -0.2) is 9.78 Å². The van der Waals surface area contributed by atoms with Gasteiger partial charge in [0.1, 0.15) is 22.9 Å². The molecule has 0 aliphatic carbocycles. The van der Waals surface area contributed by atoms with Gasteiger partial charge in [-0.05, 0) is 24.3 Å². The number of hydrogen-bond acceptors (Lipinski definition) is 4. The van der Waals surface area contributed by atoms with Crippen LogP contribution in [0.25, 0.3) is 11.0 Å². The van der Waals surface area contributed by atoms with E-state index in [2.05, 4.69) is 10.3 Å². The number of fused-ring (bicyclic) bond motifs is 1. The van der Waals surface area contributed by atoms with Gasteiger partial charge in [-0.3, -0.25) is 10.1 Å². The quantitative estimate of drug-likeness (QED) is 0.770. The predicted octanol–water partition coefficient (Wildman–Crippen LogP) is 2.59. The summed E-state index contributed by atoms with van der Waals surface area (Å²) < 4.78 is 5.69. The Morgan fingerprint density at radius 2 is 2.00 bits per heavy atom. The van der Waals surface area contributed by atoms with E-state index in [1.165, 1.54) is 11.0 Å². The van der Waals surface area contributed by atoms with Crippen molar-refractivity contribution in [2.24, 2.45) is 5.73 Å². The molecule has 3 aromatic rings. The topological polar surface area (TPSA) is 101 Å². The summed E-state index contributed by atoms with van der Waals surface area (Å²) in [7, 11) is 1.64. The van der Waals surface area contributed by atoms with Gasteiger partial charge in [0.25, 0.3) is 5.91 Å². The van der Waals surface area contributed by atoms with Crippen LogP contribution in [-0.4, -0.2) is 28.9 Å². The van der Waals surface area contributed by atoms with E-state index in [4.69, 9.17) is 10.2 Å². The molecule has 2 aromatic heterocycles. The van der Waals surface area contributed by atoms with E-state index in [-0.39, 0.29) is 17.5 Å². The summed E-state index contributed by atoms with van der Waals surface area (Å²) in [5, 5.41) is 3.60. The Labute approximate surface area is 138 Å². The highest BCUT2D eigenvalue weighted by atomic mass is 16.3. The highest BCUT2D eigenvalue weighted by molar-refractivity contribution is 5.92. The Balaban J connectivity index is 1.68. The van der Waals surface area contributed by atoms with Gasteiger partial charge in [0.15, 0.2) is 0 Å².